The second-order valence-corrected chi connectivity index (χ2v) is 8.91. The van der Waals surface area contributed by atoms with Crippen LogP contribution in [0.25, 0.3) is 27.5 Å². The van der Waals surface area contributed by atoms with Crippen molar-refractivity contribution in [2.75, 3.05) is 14.2 Å². The number of benzene rings is 3. The molecule has 3 aromatic carbocycles. The fourth-order valence-electron chi connectivity index (χ4n) is 3.01. The zero-order chi connectivity index (χ0) is 20.4. The van der Waals surface area contributed by atoms with Gasteiger partial charge in [0.05, 0.1) is 0 Å². The van der Waals surface area contributed by atoms with Crippen LogP contribution >= 0.6 is 11.6 Å². The van der Waals surface area contributed by atoms with Gasteiger partial charge in [0.25, 0.3) is 0 Å². The van der Waals surface area contributed by atoms with E-state index in [1.807, 2.05) is 70.3 Å². The van der Waals surface area contributed by atoms with E-state index in [-0.39, 0.29) is 20.3 Å². The van der Waals surface area contributed by atoms with Crippen molar-refractivity contribution < 1.29 is 9.47 Å². The first-order valence-corrected chi connectivity index (χ1v) is 10.9. The van der Waals surface area contributed by atoms with E-state index in [0.717, 1.165) is 32.6 Å². The molecule has 1 aromatic heterocycles. The topological polar surface area (TPSA) is 40.5 Å². The van der Waals surface area contributed by atoms with Crippen molar-refractivity contribution in [3.05, 3.63) is 87.2 Å². The fourth-order valence-corrected chi connectivity index (χ4v) is 5.23. The average molecular weight is 471 g/mol. The van der Waals surface area contributed by atoms with Crippen molar-refractivity contribution >= 4 is 48.1 Å². The van der Waals surface area contributed by atoms with Crippen LogP contribution in [0, 0.1) is 0 Å². The molecule has 0 aliphatic rings. The Labute approximate surface area is 179 Å². The third-order valence-electron chi connectivity index (χ3n) is 4.52. The average Bonchev–Trinajstić information content (AvgIpc) is 3.08. The molecular formula is C23H18ClNO3Se. The van der Waals surface area contributed by atoms with Crippen LogP contribution in [0.5, 0.6) is 11.5 Å². The summed E-state index contributed by atoms with van der Waals surface area (Å²) in [5.41, 5.74) is 2.92. The molecule has 0 unspecified atom stereocenters. The molecule has 0 aliphatic carbocycles. The van der Waals surface area contributed by atoms with Gasteiger partial charge in [0.15, 0.2) is 0 Å². The number of ether oxygens (including phenoxy) is 2. The van der Waals surface area contributed by atoms with Crippen molar-refractivity contribution in [1.29, 1.82) is 0 Å². The Morgan fingerprint density at radius 1 is 0.862 bits per heavy atom. The standard InChI is InChI=1S/C23H18ClNO3Se/c1-27-19-11-16(12-20(14-19)28-2)4-3-15-5-8-18(9-6-15)25-23(26)21-13-17(24)7-10-22(21)29-25/h3-14H,1-2H3/b4-3+. The number of hydrogen-bond acceptors (Lipinski definition) is 3. The van der Waals surface area contributed by atoms with Crippen molar-refractivity contribution in [2.45, 2.75) is 0 Å². The SMILES string of the molecule is COc1cc(/C=C/c2ccc(-n3[se]c4ccc(Cl)cc4c3=O)cc2)cc(OC)c1. The Hall–Kier alpha value is -2.72. The van der Waals surface area contributed by atoms with Gasteiger partial charge in [-0.1, -0.05) is 0 Å². The summed E-state index contributed by atoms with van der Waals surface area (Å²) in [7, 11) is 3.27. The minimum absolute atomic E-state index is 0.00858. The summed E-state index contributed by atoms with van der Waals surface area (Å²) in [6, 6.07) is 19.2. The van der Waals surface area contributed by atoms with Crippen LogP contribution in [0.1, 0.15) is 11.1 Å². The number of hydrogen-bond donors (Lipinski definition) is 0. The molecular weight excluding hydrogens is 453 g/mol. The first kappa shape index (κ1) is 19.6. The van der Waals surface area contributed by atoms with Crippen LogP contribution in [0.2, 0.25) is 5.02 Å². The van der Waals surface area contributed by atoms with Crippen molar-refractivity contribution in [3.8, 4) is 17.2 Å². The molecule has 0 saturated heterocycles. The number of nitrogens with zero attached hydrogens (tertiary/aromatic N) is 1. The van der Waals surface area contributed by atoms with Gasteiger partial charge >= 0.3 is 180 Å². The molecule has 4 nitrogen and oxygen atoms in total. The van der Waals surface area contributed by atoms with Gasteiger partial charge in [-0.25, -0.2) is 0 Å². The zero-order valence-corrected chi connectivity index (χ0v) is 18.4. The molecule has 4 aromatic rings. The van der Waals surface area contributed by atoms with Crippen molar-refractivity contribution in [2.24, 2.45) is 0 Å². The van der Waals surface area contributed by atoms with E-state index in [0.29, 0.717) is 10.4 Å². The third-order valence-corrected chi connectivity index (χ3v) is 7.08. The van der Waals surface area contributed by atoms with Crippen molar-refractivity contribution in [1.82, 2.24) is 3.56 Å². The number of rotatable bonds is 5. The summed E-state index contributed by atoms with van der Waals surface area (Å²) >= 11 is 5.96. The quantitative estimate of drug-likeness (QED) is 0.308. The molecule has 0 aliphatic heterocycles. The molecule has 1 heterocycles. The molecule has 0 radical (unpaired) electrons. The Morgan fingerprint density at radius 3 is 2.17 bits per heavy atom. The van der Waals surface area contributed by atoms with Crippen LogP contribution in [0.4, 0.5) is 0 Å². The first-order valence-electron chi connectivity index (χ1n) is 8.90. The van der Waals surface area contributed by atoms with E-state index in [2.05, 4.69) is 0 Å². The maximum absolute atomic E-state index is 12.7. The molecule has 4 rings (SSSR count). The fraction of sp³-hybridized carbons (Fsp3) is 0.0870. The molecule has 0 spiro atoms. The van der Waals surface area contributed by atoms with Crippen LogP contribution in [0.15, 0.2) is 65.5 Å². The van der Waals surface area contributed by atoms with Gasteiger partial charge in [-0.2, -0.15) is 0 Å². The van der Waals surface area contributed by atoms with Gasteiger partial charge in [0.1, 0.15) is 0 Å². The second kappa shape index (κ2) is 8.34. The second-order valence-electron chi connectivity index (χ2n) is 6.40. The van der Waals surface area contributed by atoms with E-state index < -0.39 is 0 Å². The number of fused-ring (bicyclic) bond motifs is 1. The number of methoxy groups -OCH3 is 2. The van der Waals surface area contributed by atoms with E-state index in [1.165, 1.54) is 0 Å². The van der Waals surface area contributed by atoms with Gasteiger partial charge in [0, 0.05) is 0 Å². The molecule has 0 saturated carbocycles. The van der Waals surface area contributed by atoms with Gasteiger partial charge < -0.3 is 0 Å². The molecule has 0 fully saturated rings. The Bertz CT molecular complexity index is 1230. The van der Waals surface area contributed by atoms with E-state index in [1.54, 1.807) is 20.3 Å². The van der Waals surface area contributed by atoms with Crippen LogP contribution < -0.4 is 15.0 Å². The summed E-state index contributed by atoms with van der Waals surface area (Å²) in [6.45, 7) is 0. The molecule has 6 heteroatoms. The Balaban J connectivity index is 1.61. The zero-order valence-electron chi connectivity index (χ0n) is 15.9. The molecule has 0 amide bonds. The minimum atomic E-state index is -0.0779. The predicted molar refractivity (Wildman–Crippen MR) is 120 cm³/mol. The number of aromatic nitrogens is 1. The van der Waals surface area contributed by atoms with Crippen LogP contribution in [-0.4, -0.2) is 32.5 Å². The molecule has 0 atom stereocenters. The summed E-state index contributed by atoms with van der Waals surface area (Å²) in [5, 5.41) is 1.29. The summed E-state index contributed by atoms with van der Waals surface area (Å²) in [6.07, 6.45) is 4.02. The normalized spacial score (nSPS) is 11.3. The van der Waals surface area contributed by atoms with Gasteiger partial charge in [-0.3, -0.25) is 0 Å². The summed E-state index contributed by atoms with van der Waals surface area (Å²) in [4.78, 5) is 12.7. The maximum atomic E-state index is 12.7. The van der Waals surface area contributed by atoms with Crippen molar-refractivity contribution in [3.63, 3.8) is 0 Å². The Morgan fingerprint density at radius 2 is 1.52 bits per heavy atom. The van der Waals surface area contributed by atoms with E-state index in [9.17, 15) is 4.79 Å². The summed E-state index contributed by atoms with van der Waals surface area (Å²) < 4.78 is 13.5. The Kier molecular flexibility index (Phi) is 5.63. The predicted octanol–water partition coefficient (Wildman–Crippen LogP) is 4.89. The van der Waals surface area contributed by atoms with E-state index in [4.69, 9.17) is 21.1 Å². The molecule has 29 heavy (non-hydrogen) atoms. The first-order chi connectivity index (χ1) is 14.1. The van der Waals surface area contributed by atoms with Crippen LogP contribution in [-0.2, 0) is 0 Å². The molecule has 146 valence electrons. The van der Waals surface area contributed by atoms with Gasteiger partial charge in [0.2, 0.25) is 0 Å². The van der Waals surface area contributed by atoms with E-state index >= 15 is 0 Å². The summed E-state index contributed by atoms with van der Waals surface area (Å²) in [5.74, 6) is 1.49. The molecule has 0 N–H and O–H groups in total. The van der Waals surface area contributed by atoms with Crippen LogP contribution in [0.3, 0.4) is 0 Å². The number of halogens is 1. The molecule has 0 bridgehead atoms. The monoisotopic (exact) mass is 471 g/mol. The van der Waals surface area contributed by atoms with Gasteiger partial charge in [-0.05, 0) is 0 Å². The van der Waals surface area contributed by atoms with Gasteiger partial charge in [-0.15, -0.1) is 0 Å². The third kappa shape index (κ3) is 4.18.